The predicted molar refractivity (Wildman–Crippen MR) is 142 cm³/mol. The minimum absolute atomic E-state index is 0.00472. The predicted octanol–water partition coefficient (Wildman–Crippen LogP) is 5.09. The van der Waals surface area contributed by atoms with Crippen LogP contribution in [0.1, 0.15) is 33.3 Å². The Balaban J connectivity index is 1.50. The van der Waals surface area contributed by atoms with Crippen LogP contribution in [0.2, 0.25) is 5.02 Å². The first kappa shape index (κ1) is 28.6. The molecule has 0 bridgehead atoms. The first-order valence-corrected chi connectivity index (χ1v) is 13.2. The van der Waals surface area contributed by atoms with Crippen LogP contribution in [0.3, 0.4) is 0 Å². The largest absolute Gasteiger partial charge is 0.444 e. The number of rotatable bonds is 6. The Kier molecular flexibility index (Phi) is 7.58. The maximum atomic E-state index is 14.0. The lowest BCUT2D eigenvalue weighted by Gasteiger charge is -2.47. The topological polar surface area (TPSA) is 138 Å². The standard InChI is InChI=1S/C24H27ClF3N7O3S/c1-22(2,3)38-21(36)35-11-23(4,12-35)34-39(37)15-7-5-13(6-8-15)18-16(24(26,27)28)9-14(10-17(18)25)30-20-31-19(29)32-33-20/h5-10,34H,11-12H2,1-4H3,(H4,29,30,31,32,33). The van der Waals surface area contributed by atoms with Gasteiger partial charge in [0, 0.05) is 24.3 Å². The van der Waals surface area contributed by atoms with Gasteiger partial charge in [-0.2, -0.15) is 18.2 Å². The van der Waals surface area contributed by atoms with Crippen LogP contribution in [0.25, 0.3) is 11.1 Å². The Morgan fingerprint density at radius 3 is 2.38 bits per heavy atom. The Morgan fingerprint density at radius 1 is 1.21 bits per heavy atom. The molecule has 1 aromatic heterocycles. The molecule has 1 saturated heterocycles. The summed E-state index contributed by atoms with van der Waals surface area (Å²) in [5, 5.41) is 8.60. The molecular weight excluding hydrogens is 559 g/mol. The van der Waals surface area contributed by atoms with Gasteiger partial charge in [0.15, 0.2) is 0 Å². The van der Waals surface area contributed by atoms with Gasteiger partial charge >= 0.3 is 12.3 Å². The fraction of sp³-hybridized carbons (Fsp3) is 0.375. The van der Waals surface area contributed by atoms with Crippen molar-refractivity contribution < 1.29 is 26.9 Å². The molecule has 0 saturated carbocycles. The molecular formula is C24H27ClF3N7O3S. The number of H-pyrrole nitrogens is 1. The number of anilines is 3. The maximum absolute atomic E-state index is 14.0. The second-order valence-electron chi connectivity index (χ2n) is 10.3. The van der Waals surface area contributed by atoms with Gasteiger partial charge < -0.3 is 20.7 Å². The molecule has 1 amide bonds. The van der Waals surface area contributed by atoms with Crippen LogP contribution in [0.15, 0.2) is 41.3 Å². The summed E-state index contributed by atoms with van der Waals surface area (Å²) in [4.78, 5) is 17.8. The SMILES string of the molecule is CC1(NS(=O)c2ccc(-c3c(Cl)cc(Nc4n[nH]c(N)n4)cc3C(F)(F)F)cc2)CN(C(=O)OC(C)(C)C)C1. The molecule has 3 aromatic rings. The van der Waals surface area contributed by atoms with Crippen molar-refractivity contribution in [1.29, 1.82) is 0 Å². The fourth-order valence-corrected chi connectivity index (χ4v) is 5.41. The molecule has 1 unspecified atom stereocenters. The van der Waals surface area contributed by atoms with Crippen LogP contribution < -0.4 is 15.8 Å². The molecule has 39 heavy (non-hydrogen) atoms. The summed E-state index contributed by atoms with van der Waals surface area (Å²) in [5.74, 6) is -0.0203. The average Bonchev–Trinajstić information content (AvgIpc) is 3.19. The first-order chi connectivity index (χ1) is 18.0. The summed E-state index contributed by atoms with van der Waals surface area (Å²) < 4.78 is 63.3. The highest BCUT2D eigenvalue weighted by Gasteiger charge is 2.44. The van der Waals surface area contributed by atoms with E-state index in [1.54, 1.807) is 20.8 Å². The van der Waals surface area contributed by atoms with Crippen molar-refractivity contribution in [3.63, 3.8) is 0 Å². The van der Waals surface area contributed by atoms with E-state index >= 15 is 0 Å². The van der Waals surface area contributed by atoms with Crippen molar-refractivity contribution in [2.45, 2.75) is 49.9 Å². The number of aromatic amines is 1. The minimum atomic E-state index is -4.73. The molecule has 1 aliphatic rings. The highest BCUT2D eigenvalue weighted by Crippen LogP contribution is 2.43. The summed E-state index contributed by atoms with van der Waals surface area (Å²) in [5.41, 5.74) is 3.21. The number of nitrogens with one attached hydrogen (secondary N) is 3. The van der Waals surface area contributed by atoms with E-state index in [2.05, 4.69) is 25.2 Å². The molecule has 2 heterocycles. The third kappa shape index (κ3) is 6.81. The molecule has 10 nitrogen and oxygen atoms in total. The van der Waals surface area contributed by atoms with Gasteiger partial charge in [0.1, 0.15) is 16.6 Å². The van der Waals surface area contributed by atoms with Crippen LogP contribution in [-0.2, 0) is 21.9 Å². The van der Waals surface area contributed by atoms with Crippen LogP contribution >= 0.6 is 11.6 Å². The van der Waals surface area contributed by atoms with Gasteiger partial charge in [0.2, 0.25) is 11.9 Å². The van der Waals surface area contributed by atoms with Crippen molar-refractivity contribution in [3.8, 4) is 11.1 Å². The third-order valence-electron chi connectivity index (χ3n) is 5.58. The number of likely N-dealkylation sites (tertiary alicyclic amines) is 1. The molecule has 0 spiro atoms. The Labute approximate surface area is 230 Å². The lowest BCUT2D eigenvalue weighted by molar-refractivity contribution is -0.137. The van der Waals surface area contributed by atoms with Crippen LogP contribution in [-0.4, -0.2) is 54.6 Å². The van der Waals surface area contributed by atoms with Crippen molar-refractivity contribution in [2.24, 2.45) is 0 Å². The van der Waals surface area contributed by atoms with E-state index in [0.29, 0.717) is 4.90 Å². The molecule has 4 rings (SSSR count). The summed E-state index contributed by atoms with van der Waals surface area (Å²) >= 11 is 6.31. The van der Waals surface area contributed by atoms with Gasteiger partial charge in [0.25, 0.3) is 0 Å². The number of nitrogen functional groups attached to an aromatic ring is 1. The first-order valence-electron chi connectivity index (χ1n) is 11.7. The Hall–Kier alpha value is -3.36. The number of aromatic nitrogens is 3. The number of nitrogens with zero attached hydrogens (tertiary/aromatic N) is 3. The smallest absolute Gasteiger partial charge is 0.417 e. The molecule has 0 radical (unpaired) electrons. The van der Waals surface area contributed by atoms with Gasteiger partial charge in [-0.15, -0.1) is 5.10 Å². The molecule has 1 fully saturated rings. The van der Waals surface area contributed by atoms with Crippen LogP contribution in [0.4, 0.5) is 35.5 Å². The number of hydrogen-bond donors (Lipinski definition) is 4. The highest BCUT2D eigenvalue weighted by atomic mass is 35.5. The van der Waals surface area contributed by atoms with Gasteiger partial charge in [-0.1, -0.05) is 23.7 Å². The summed E-state index contributed by atoms with van der Waals surface area (Å²) in [6.07, 6.45) is -5.18. The zero-order valence-electron chi connectivity index (χ0n) is 21.4. The van der Waals surface area contributed by atoms with Gasteiger partial charge in [-0.3, -0.25) is 0 Å². The van der Waals surface area contributed by atoms with Crippen molar-refractivity contribution in [1.82, 2.24) is 24.8 Å². The second-order valence-corrected chi connectivity index (χ2v) is 12.0. The number of halogens is 4. The molecule has 15 heteroatoms. The number of carbonyl (C=O) groups is 1. The van der Waals surface area contributed by atoms with E-state index in [9.17, 15) is 22.2 Å². The molecule has 5 N–H and O–H groups in total. The van der Waals surface area contributed by atoms with Gasteiger partial charge in [-0.25, -0.2) is 18.8 Å². The Bertz CT molecular complexity index is 1400. The third-order valence-corrected chi connectivity index (χ3v) is 7.26. The number of alkyl halides is 3. The quantitative estimate of drug-likeness (QED) is 0.316. The number of benzene rings is 2. The van der Waals surface area contributed by atoms with Crippen molar-refractivity contribution in [2.75, 3.05) is 24.1 Å². The number of carbonyl (C=O) groups excluding carboxylic acids is 1. The highest BCUT2D eigenvalue weighted by molar-refractivity contribution is 7.83. The van der Waals surface area contributed by atoms with Gasteiger partial charge in [-0.05, 0) is 57.5 Å². The van der Waals surface area contributed by atoms with E-state index in [1.165, 1.54) is 35.2 Å². The van der Waals surface area contributed by atoms with E-state index < -0.39 is 40.0 Å². The second kappa shape index (κ2) is 10.3. The normalized spacial score (nSPS) is 15.9. The summed E-state index contributed by atoms with van der Waals surface area (Å²) in [7, 11) is -1.69. The molecule has 1 aliphatic heterocycles. The minimum Gasteiger partial charge on any atom is -0.444 e. The Morgan fingerprint density at radius 2 is 1.85 bits per heavy atom. The number of ether oxygens (including phenoxy) is 1. The molecule has 1 atom stereocenters. The lowest BCUT2D eigenvalue weighted by Crippen LogP contribution is -2.69. The number of nitrogens with two attached hydrogens (primary N) is 1. The van der Waals surface area contributed by atoms with Crippen LogP contribution in [0.5, 0.6) is 0 Å². The van der Waals surface area contributed by atoms with Gasteiger partial charge in [0.05, 0.1) is 21.0 Å². The van der Waals surface area contributed by atoms with E-state index in [-0.39, 0.29) is 46.8 Å². The zero-order chi connectivity index (χ0) is 28.8. The molecule has 210 valence electrons. The molecule has 0 aliphatic carbocycles. The summed E-state index contributed by atoms with van der Waals surface area (Å²) in [6.45, 7) is 7.70. The monoisotopic (exact) mass is 585 g/mol. The van der Waals surface area contributed by atoms with E-state index in [0.717, 1.165) is 6.07 Å². The van der Waals surface area contributed by atoms with E-state index in [4.69, 9.17) is 22.1 Å². The maximum Gasteiger partial charge on any atom is 0.417 e. The zero-order valence-corrected chi connectivity index (χ0v) is 23.0. The van der Waals surface area contributed by atoms with Crippen molar-refractivity contribution >= 4 is 46.3 Å². The van der Waals surface area contributed by atoms with Crippen molar-refractivity contribution in [3.05, 3.63) is 47.0 Å². The van der Waals surface area contributed by atoms with E-state index in [1.807, 2.05) is 6.92 Å². The average molecular weight is 586 g/mol. The van der Waals surface area contributed by atoms with Crippen LogP contribution in [0, 0.1) is 0 Å². The molecule has 2 aromatic carbocycles. The summed E-state index contributed by atoms with van der Waals surface area (Å²) in [6, 6.07) is 7.99. The fourth-order valence-electron chi connectivity index (χ4n) is 4.00. The lowest BCUT2D eigenvalue weighted by atomic mass is 9.94. The number of hydrogen-bond acceptors (Lipinski definition) is 7. The number of amides is 1.